The molecule has 4 rings (SSSR count). The van der Waals surface area contributed by atoms with E-state index < -0.39 is 66.1 Å². The molecule has 0 spiro atoms. The van der Waals surface area contributed by atoms with E-state index in [1.165, 1.54) is 16.7 Å². The van der Waals surface area contributed by atoms with Crippen LogP contribution in [0.15, 0.2) is 84.9 Å². The number of hydrogen-bond donors (Lipinski definition) is 3. The first kappa shape index (κ1) is 46.1. The lowest BCUT2D eigenvalue weighted by Crippen LogP contribution is -2.64. The van der Waals surface area contributed by atoms with Gasteiger partial charge < -0.3 is 40.0 Å². The van der Waals surface area contributed by atoms with Crippen molar-refractivity contribution >= 4 is 47.5 Å². The zero-order chi connectivity index (χ0) is 43.0. The number of alkyl carbamates (subject to hydrolysis) is 1. The number of rotatable bonds is 19. The average Bonchev–Trinajstić information content (AvgIpc) is 3.20. The zero-order valence-electron chi connectivity index (χ0n) is 34.7. The number of nitrogens with one attached hydrogen (secondary N) is 3. The Kier molecular flexibility index (Phi) is 17.6. The van der Waals surface area contributed by atoms with Gasteiger partial charge in [-0.3, -0.25) is 19.2 Å². The van der Waals surface area contributed by atoms with Gasteiger partial charge in [0.25, 0.3) is 0 Å². The maximum atomic E-state index is 14.1. The Morgan fingerprint density at radius 3 is 2.10 bits per heavy atom. The minimum atomic E-state index is -1.12. The van der Waals surface area contributed by atoms with Crippen LogP contribution in [-0.2, 0) is 52.9 Å². The van der Waals surface area contributed by atoms with Gasteiger partial charge in [-0.1, -0.05) is 72.8 Å². The first-order valence-electron chi connectivity index (χ1n) is 19.8. The number of esters is 1. The molecule has 3 aromatic rings. The standard InChI is InChI=1S/C44H57N5O9S/c1-7-56-42(54)36(22-25-59-6)49-24-23-48(37(41(49)53)27-31-14-10-8-11-15-31)38(50)28-45-39(51)30(2)46-40(52)35(47-43(55)58-44(3,4)5)26-32-18-20-34(21-19-32)57-29-33-16-12-9-13-17-33/h8-21,30,35-37H,7,22-29H2,1-6H3,(H,45,51)(H,46,52)(H,47,55)/t30-,35+,36+,37-/m1/s1. The number of thioether (sulfide) groups is 1. The molecule has 4 atom stereocenters. The predicted molar refractivity (Wildman–Crippen MR) is 225 cm³/mol. The van der Waals surface area contributed by atoms with Gasteiger partial charge in [0.05, 0.1) is 13.2 Å². The number of hydrogen-bond acceptors (Lipinski definition) is 10. The fourth-order valence-corrected chi connectivity index (χ4v) is 6.93. The summed E-state index contributed by atoms with van der Waals surface area (Å²) >= 11 is 1.56. The average molecular weight is 832 g/mol. The molecule has 3 aromatic carbocycles. The molecule has 1 aliphatic rings. The van der Waals surface area contributed by atoms with Crippen LogP contribution in [0.4, 0.5) is 4.79 Å². The lowest BCUT2D eigenvalue weighted by Gasteiger charge is -2.43. The molecule has 0 saturated carbocycles. The molecule has 15 heteroatoms. The molecule has 1 heterocycles. The smallest absolute Gasteiger partial charge is 0.408 e. The molecule has 1 saturated heterocycles. The summed E-state index contributed by atoms with van der Waals surface area (Å²) in [6.45, 7) is 8.66. The fourth-order valence-electron chi connectivity index (χ4n) is 6.47. The van der Waals surface area contributed by atoms with E-state index in [2.05, 4.69) is 16.0 Å². The molecule has 1 fully saturated rings. The van der Waals surface area contributed by atoms with Crippen LogP contribution in [0, 0.1) is 0 Å². The van der Waals surface area contributed by atoms with E-state index in [-0.39, 0.29) is 38.4 Å². The molecule has 0 unspecified atom stereocenters. The second-order valence-corrected chi connectivity index (χ2v) is 16.1. The van der Waals surface area contributed by atoms with E-state index in [4.69, 9.17) is 14.2 Å². The van der Waals surface area contributed by atoms with Crippen molar-refractivity contribution in [3.63, 3.8) is 0 Å². The highest BCUT2D eigenvalue weighted by Gasteiger charge is 2.42. The molecule has 0 aromatic heterocycles. The van der Waals surface area contributed by atoms with Crippen molar-refractivity contribution < 1.29 is 43.0 Å². The summed E-state index contributed by atoms with van der Waals surface area (Å²) in [7, 11) is 0. The van der Waals surface area contributed by atoms with Gasteiger partial charge >= 0.3 is 12.1 Å². The van der Waals surface area contributed by atoms with E-state index in [1.54, 1.807) is 63.7 Å². The topological polar surface area (TPSA) is 173 Å². The number of ether oxygens (including phenoxy) is 3. The Morgan fingerprint density at radius 2 is 1.49 bits per heavy atom. The Balaban J connectivity index is 1.41. The van der Waals surface area contributed by atoms with Crippen molar-refractivity contribution in [3.8, 4) is 5.75 Å². The molecule has 0 bridgehead atoms. The molecular weight excluding hydrogens is 775 g/mol. The van der Waals surface area contributed by atoms with Crippen LogP contribution in [-0.4, -0.2) is 114 Å². The number of amides is 5. The highest BCUT2D eigenvalue weighted by Crippen LogP contribution is 2.22. The third-order valence-corrected chi connectivity index (χ3v) is 10.1. The van der Waals surface area contributed by atoms with Gasteiger partial charge in [-0.15, -0.1) is 0 Å². The predicted octanol–water partition coefficient (Wildman–Crippen LogP) is 4.29. The van der Waals surface area contributed by atoms with E-state index in [9.17, 15) is 28.8 Å². The van der Waals surface area contributed by atoms with Gasteiger partial charge in [-0.05, 0) is 81.9 Å². The van der Waals surface area contributed by atoms with Crippen LogP contribution in [0.3, 0.4) is 0 Å². The van der Waals surface area contributed by atoms with Gasteiger partial charge in [-0.25, -0.2) is 9.59 Å². The van der Waals surface area contributed by atoms with Crippen LogP contribution < -0.4 is 20.7 Å². The minimum absolute atomic E-state index is 0.0774. The monoisotopic (exact) mass is 831 g/mol. The lowest BCUT2D eigenvalue weighted by molar-refractivity contribution is -0.162. The highest BCUT2D eigenvalue weighted by atomic mass is 32.2. The molecule has 5 amide bonds. The van der Waals surface area contributed by atoms with Crippen molar-refractivity contribution in [2.75, 3.05) is 38.2 Å². The van der Waals surface area contributed by atoms with Gasteiger partial charge in [0.2, 0.25) is 23.6 Å². The van der Waals surface area contributed by atoms with Gasteiger partial charge in [0.15, 0.2) is 0 Å². The third kappa shape index (κ3) is 14.6. The highest BCUT2D eigenvalue weighted by molar-refractivity contribution is 7.98. The van der Waals surface area contributed by atoms with Crippen LogP contribution in [0.5, 0.6) is 5.75 Å². The maximum absolute atomic E-state index is 14.1. The van der Waals surface area contributed by atoms with E-state index in [0.717, 1.165) is 11.1 Å². The SMILES string of the molecule is CCOC(=O)[C@H](CCSC)N1CCN(C(=O)CNC(=O)[C@@H](C)NC(=O)[C@H](Cc2ccc(OCc3ccccc3)cc2)NC(=O)OC(C)(C)C)[C@H](Cc2ccccc2)C1=O. The largest absolute Gasteiger partial charge is 0.489 e. The first-order chi connectivity index (χ1) is 28.2. The Morgan fingerprint density at radius 1 is 0.847 bits per heavy atom. The molecule has 59 heavy (non-hydrogen) atoms. The number of nitrogens with zero attached hydrogens (tertiary/aromatic N) is 2. The Labute approximate surface area is 351 Å². The van der Waals surface area contributed by atoms with Crippen LogP contribution >= 0.6 is 11.8 Å². The summed E-state index contributed by atoms with van der Waals surface area (Å²) in [5.74, 6) is -1.38. The Bertz CT molecular complexity index is 1860. The zero-order valence-corrected chi connectivity index (χ0v) is 35.5. The molecule has 0 aliphatic carbocycles. The number of carbonyl (C=O) groups excluding carboxylic acids is 6. The van der Waals surface area contributed by atoms with E-state index in [0.29, 0.717) is 30.1 Å². The molecule has 1 aliphatic heterocycles. The number of carbonyl (C=O) groups is 6. The second-order valence-electron chi connectivity index (χ2n) is 15.1. The van der Waals surface area contributed by atoms with Crippen LogP contribution in [0.2, 0.25) is 0 Å². The van der Waals surface area contributed by atoms with Crippen molar-refractivity contribution in [2.45, 2.75) is 90.3 Å². The minimum Gasteiger partial charge on any atom is -0.489 e. The van der Waals surface area contributed by atoms with E-state index >= 15 is 0 Å². The summed E-state index contributed by atoms with van der Waals surface area (Å²) in [5.41, 5.74) is 1.73. The Hall–Kier alpha value is -5.57. The molecule has 318 valence electrons. The molecule has 0 radical (unpaired) electrons. The van der Waals surface area contributed by atoms with Crippen LogP contribution in [0.1, 0.15) is 57.7 Å². The molecule has 14 nitrogen and oxygen atoms in total. The second kappa shape index (κ2) is 22.5. The summed E-state index contributed by atoms with van der Waals surface area (Å²) < 4.78 is 16.6. The number of piperazine rings is 1. The molecular formula is C44H57N5O9S. The summed E-state index contributed by atoms with van der Waals surface area (Å²) in [4.78, 5) is 83.6. The summed E-state index contributed by atoms with van der Waals surface area (Å²) in [6.07, 6.45) is 1.80. The van der Waals surface area contributed by atoms with Gasteiger partial charge in [-0.2, -0.15) is 11.8 Å². The molecule has 3 N–H and O–H groups in total. The quantitative estimate of drug-likeness (QED) is 0.148. The first-order valence-corrected chi connectivity index (χ1v) is 21.2. The van der Waals surface area contributed by atoms with Gasteiger partial charge in [0.1, 0.15) is 42.1 Å². The summed E-state index contributed by atoms with van der Waals surface area (Å²) in [5, 5.41) is 7.87. The third-order valence-electron chi connectivity index (χ3n) is 9.43. The van der Waals surface area contributed by atoms with Crippen molar-refractivity contribution in [2.24, 2.45) is 0 Å². The fraction of sp³-hybridized carbons (Fsp3) is 0.455. The maximum Gasteiger partial charge on any atom is 0.408 e. The summed E-state index contributed by atoms with van der Waals surface area (Å²) in [6, 6.07) is 22.2. The lowest BCUT2D eigenvalue weighted by atomic mass is 9.99. The van der Waals surface area contributed by atoms with E-state index in [1.807, 2.05) is 66.9 Å². The number of benzene rings is 3. The van der Waals surface area contributed by atoms with Crippen molar-refractivity contribution in [1.29, 1.82) is 0 Å². The van der Waals surface area contributed by atoms with Gasteiger partial charge in [0, 0.05) is 25.9 Å². The normalized spacial score (nSPS) is 15.6. The van der Waals surface area contributed by atoms with Crippen molar-refractivity contribution in [1.82, 2.24) is 25.8 Å². The van der Waals surface area contributed by atoms with Crippen LogP contribution in [0.25, 0.3) is 0 Å². The van der Waals surface area contributed by atoms with Crippen molar-refractivity contribution in [3.05, 3.63) is 102 Å².